The van der Waals surface area contributed by atoms with Crippen molar-refractivity contribution in [3.8, 4) is 23.0 Å². The number of carbonyl (C=O) groups is 5. The number of methoxy groups -OCH3 is 4. The van der Waals surface area contributed by atoms with Crippen LogP contribution in [0.4, 0.5) is 0 Å². The first kappa shape index (κ1) is 52.0. The summed E-state index contributed by atoms with van der Waals surface area (Å²) in [5, 5.41) is 6.07. The van der Waals surface area contributed by atoms with Gasteiger partial charge in [0.1, 0.15) is 12.0 Å². The van der Waals surface area contributed by atoms with Crippen LogP contribution >= 0.6 is 21.6 Å². The third-order valence-corrected chi connectivity index (χ3v) is 12.4. The predicted molar refractivity (Wildman–Crippen MR) is 242 cm³/mol. The van der Waals surface area contributed by atoms with Crippen molar-refractivity contribution in [3.05, 3.63) is 64.4 Å². The molecule has 0 spiro atoms. The lowest BCUT2D eigenvalue weighted by Gasteiger charge is -2.28. The molecular formula is C45H60N2O15S2. The minimum atomic E-state index is -0.326. The van der Waals surface area contributed by atoms with E-state index in [4.69, 9.17) is 47.4 Å². The summed E-state index contributed by atoms with van der Waals surface area (Å²) < 4.78 is 55.3. The Balaban J connectivity index is 0.987. The summed E-state index contributed by atoms with van der Waals surface area (Å²) >= 11 is 0. The van der Waals surface area contributed by atoms with Crippen LogP contribution in [-0.2, 0) is 49.2 Å². The number of benzene rings is 2. The average Bonchev–Trinajstić information content (AvgIpc) is 3.56. The fourth-order valence-electron chi connectivity index (χ4n) is 6.91. The number of ether oxygens (including phenoxy) is 10. The molecule has 17 nitrogen and oxygen atoms in total. The van der Waals surface area contributed by atoms with E-state index in [1.165, 1.54) is 46.9 Å². The molecule has 0 saturated heterocycles. The van der Waals surface area contributed by atoms with E-state index in [1.807, 2.05) is 12.1 Å². The third kappa shape index (κ3) is 16.7. The minimum Gasteiger partial charge on any atom is -0.493 e. The fourth-order valence-corrected chi connectivity index (χ4v) is 8.89. The van der Waals surface area contributed by atoms with Gasteiger partial charge in [-0.05, 0) is 48.3 Å². The van der Waals surface area contributed by atoms with Crippen molar-refractivity contribution in [1.82, 2.24) is 10.6 Å². The molecule has 2 aliphatic carbocycles. The molecule has 0 aliphatic heterocycles. The van der Waals surface area contributed by atoms with Gasteiger partial charge < -0.3 is 58.0 Å². The van der Waals surface area contributed by atoms with Gasteiger partial charge in [0.05, 0.1) is 93.5 Å². The maximum absolute atomic E-state index is 13.3. The maximum Gasteiger partial charge on any atom is 0.221 e. The Morgan fingerprint density at radius 3 is 1.97 bits per heavy atom. The van der Waals surface area contributed by atoms with Gasteiger partial charge in [0.15, 0.2) is 36.1 Å². The second-order valence-corrected chi connectivity index (χ2v) is 16.8. The summed E-state index contributed by atoms with van der Waals surface area (Å²) in [7, 11) is 9.25. The van der Waals surface area contributed by atoms with E-state index < -0.39 is 0 Å². The van der Waals surface area contributed by atoms with Gasteiger partial charge in [-0.3, -0.25) is 24.0 Å². The van der Waals surface area contributed by atoms with Crippen LogP contribution in [0.3, 0.4) is 0 Å². The van der Waals surface area contributed by atoms with Gasteiger partial charge >= 0.3 is 0 Å². The third-order valence-electron chi connectivity index (χ3n) is 10.0. The topological polar surface area (TPSA) is 202 Å². The van der Waals surface area contributed by atoms with Crippen LogP contribution in [-0.4, -0.2) is 149 Å². The van der Waals surface area contributed by atoms with E-state index in [0.29, 0.717) is 131 Å². The molecule has 0 bridgehead atoms. The van der Waals surface area contributed by atoms with Gasteiger partial charge in [0, 0.05) is 60.4 Å². The SMILES string of the molecule is COC1=CC=C2c3c(cc(OC)c(OC)c3OC)CCC(NC(=O)CCSSCCC(=O)NCCOCCOCCOCCOCCOCOc3cc(C=O)ccc3C=O)C2CC1=O. The van der Waals surface area contributed by atoms with Gasteiger partial charge in [-0.25, -0.2) is 0 Å². The van der Waals surface area contributed by atoms with E-state index in [1.54, 1.807) is 27.4 Å². The molecule has 2 atom stereocenters. The maximum atomic E-state index is 13.3. The Bertz CT molecular complexity index is 1890. The summed E-state index contributed by atoms with van der Waals surface area (Å²) in [6.07, 6.45) is 6.89. The molecule has 352 valence electrons. The second kappa shape index (κ2) is 29.7. The first-order valence-electron chi connectivity index (χ1n) is 21.0. The number of ketones is 1. The number of nitrogens with one attached hydrogen (secondary N) is 2. The van der Waals surface area contributed by atoms with Crippen LogP contribution in [0.2, 0.25) is 0 Å². The summed E-state index contributed by atoms with van der Waals surface area (Å²) in [5.41, 5.74) is 3.40. The van der Waals surface area contributed by atoms with Crippen molar-refractivity contribution in [3.63, 3.8) is 0 Å². The molecule has 0 heterocycles. The quantitative estimate of drug-likeness (QED) is 0.0443. The number of fused-ring (bicyclic) bond motifs is 3. The highest BCUT2D eigenvalue weighted by atomic mass is 33.1. The van der Waals surface area contributed by atoms with E-state index in [-0.39, 0.29) is 67.3 Å². The van der Waals surface area contributed by atoms with Gasteiger partial charge in [0.2, 0.25) is 17.6 Å². The lowest BCUT2D eigenvalue weighted by atomic mass is 9.83. The largest absolute Gasteiger partial charge is 0.493 e. The number of aryl methyl sites for hydroxylation is 1. The van der Waals surface area contributed by atoms with Crippen LogP contribution in [0.1, 0.15) is 57.5 Å². The Hall–Kier alpha value is -4.63. The molecule has 0 radical (unpaired) electrons. The average molecular weight is 933 g/mol. The van der Waals surface area contributed by atoms with Crippen molar-refractivity contribution in [2.45, 2.75) is 38.1 Å². The van der Waals surface area contributed by atoms with Crippen LogP contribution < -0.4 is 29.6 Å². The van der Waals surface area contributed by atoms with Crippen LogP contribution in [0, 0.1) is 5.92 Å². The molecule has 2 aliphatic rings. The molecule has 0 aromatic heterocycles. The molecule has 2 N–H and O–H groups in total. The highest BCUT2D eigenvalue weighted by Crippen LogP contribution is 2.50. The normalized spacial score (nSPS) is 15.6. The summed E-state index contributed by atoms with van der Waals surface area (Å²) in [5.74, 6) is 2.56. The molecule has 2 amide bonds. The van der Waals surface area contributed by atoms with E-state index >= 15 is 0 Å². The zero-order chi connectivity index (χ0) is 45.9. The minimum absolute atomic E-state index is 0.0742. The molecule has 2 unspecified atom stereocenters. The number of aldehydes is 2. The van der Waals surface area contributed by atoms with Crippen molar-refractivity contribution in [1.29, 1.82) is 0 Å². The molecule has 4 rings (SSSR count). The Morgan fingerprint density at radius 2 is 1.36 bits per heavy atom. The zero-order valence-electron chi connectivity index (χ0n) is 36.9. The van der Waals surface area contributed by atoms with Gasteiger partial charge in [-0.1, -0.05) is 33.7 Å². The van der Waals surface area contributed by atoms with Crippen molar-refractivity contribution >= 4 is 57.3 Å². The van der Waals surface area contributed by atoms with E-state index in [0.717, 1.165) is 16.7 Å². The van der Waals surface area contributed by atoms with Crippen LogP contribution in [0.5, 0.6) is 23.0 Å². The van der Waals surface area contributed by atoms with Crippen molar-refractivity contribution in [2.75, 3.05) is 113 Å². The van der Waals surface area contributed by atoms with Crippen LogP contribution in [0.25, 0.3) is 5.57 Å². The smallest absolute Gasteiger partial charge is 0.221 e. The van der Waals surface area contributed by atoms with E-state index in [9.17, 15) is 24.0 Å². The number of allylic oxidation sites excluding steroid dienone is 3. The molecule has 64 heavy (non-hydrogen) atoms. The standard InChI is InChI=1S/C45H60N2O15S2/c1-53-38-10-8-34-35(27-37(38)50)36(9-7-32-26-40(54-2)44(55-3)45(56-4)43(32)34)47-42(52)12-24-64-63-23-11-41(51)46-13-14-57-15-16-58-17-18-59-19-20-60-21-22-61-30-62-39-25-31(28-48)5-6-33(39)29-49/h5-6,8,10,25-26,28-29,35-36H,7,9,11-24,27,30H2,1-4H3,(H,46,51)(H,47,52). The Morgan fingerprint density at radius 1 is 0.719 bits per heavy atom. The number of carbonyl (C=O) groups excluding carboxylic acids is 5. The Kier molecular flexibility index (Phi) is 24.2. The number of rotatable bonds is 32. The number of hydrogen-bond donors (Lipinski definition) is 2. The molecule has 19 heteroatoms. The Labute approximate surface area is 382 Å². The second-order valence-electron chi connectivity index (χ2n) is 14.1. The predicted octanol–water partition coefficient (Wildman–Crippen LogP) is 4.67. The first-order valence-corrected chi connectivity index (χ1v) is 23.4. The summed E-state index contributed by atoms with van der Waals surface area (Å²) in [4.78, 5) is 60.8. The molecular weight excluding hydrogens is 873 g/mol. The van der Waals surface area contributed by atoms with Gasteiger partial charge in [0.25, 0.3) is 0 Å². The summed E-state index contributed by atoms with van der Waals surface area (Å²) in [6.45, 7) is 3.66. The first-order chi connectivity index (χ1) is 31.3. The number of hydrogen-bond acceptors (Lipinski definition) is 17. The van der Waals surface area contributed by atoms with E-state index in [2.05, 4.69) is 10.6 Å². The number of Topliss-reactive ketones (excluding diaryl/α,β-unsaturated/α-hetero) is 1. The monoisotopic (exact) mass is 932 g/mol. The van der Waals surface area contributed by atoms with Gasteiger partial charge in [-0.15, -0.1) is 0 Å². The highest BCUT2D eigenvalue weighted by Gasteiger charge is 2.38. The van der Waals surface area contributed by atoms with Crippen LogP contribution in [0.15, 0.2) is 42.2 Å². The molecule has 2 aromatic rings. The highest BCUT2D eigenvalue weighted by molar-refractivity contribution is 8.76. The molecule has 0 saturated carbocycles. The summed E-state index contributed by atoms with van der Waals surface area (Å²) in [6, 6.07) is 6.15. The molecule has 0 fully saturated rings. The lowest BCUT2D eigenvalue weighted by molar-refractivity contribution is -0.123. The lowest BCUT2D eigenvalue weighted by Crippen LogP contribution is -2.41. The zero-order valence-corrected chi connectivity index (χ0v) is 38.6. The van der Waals surface area contributed by atoms with Crippen molar-refractivity contribution in [2.24, 2.45) is 5.92 Å². The fraction of sp³-hybridized carbons (Fsp3) is 0.533. The molecule has 2 aromatic carbocycles. The number of amides is 2. The van der Waals surface area contributed by atoms with Gasteiger partial charge in [-0.2, -0.15) is 0 Å². The van der Waals surface area contributed by atoms with Crippen molar-refractivity contribution < 1.29 is 71.3 Å².